The minimum atomic E-state index is -0.657. The Morgan fingerprint density at radius 1 is 1.04 bits per heavy atom. The van der Waals surface area contributed by atoms with Gasteiger partial charge in [0, 0.05) is 17.4 Å². The van der Waals surface area contributed by atoms with Gasteiger partial charge in [-0.05, 0) is 44.2 Å². The number of benzene rings is 2. The first kappa shape index (κ1) is 18.5. The predicted molar refractivity (Wildman–Crippen MR) is 102 cm³/mol. The second kappa shape index (κ2) is 7.53. The first-order valence-electron chi connectivity index (χ1n) is 8.79. The number of hydrogen-bond acceptors (Lipinski definition) is 5. The van der Waals surface area contributed by atoms with Crippen LogP contribution in [0, 0.1) is 0 Å². The zero-order chi connectivity index (χ0) is 19.6. The lowest BCUT2D eigenvalue weighted by Gasteiger charge is -2.13. The molecule has 6 nitrogen and oxygen atoms in total. The van der Waals surface area contributed by atoms with Crippen LogP contribution in [0.4, 0.5) is 0 Å². The molecular weight excluding hydrogens is 344 g/mol. The second-order valence-electron chi connectivity index (χ2n) is 6.43. The van der Waals surface area contributed by atoms with Crippen molar-refractivity contribution in [3.63, 3.8) is 0 Å². The highest BCUT2D eigenvalue weighted by Gasteiger charge is 2.19. The highest BCUT2D eigenvalue weighted by molar-refractivity contribution is 6.03. The molecule has 6 heteroatoms. The fourth-order valence-electron chi connectivity index (χ4n) is 2.78. The van der Waals surface area contributed by atoms with Gasteiger partial charge in [-0.1, -0.05) is 25.1 Å². The van der Waals surface area contributed by atoms with E-state index in [1.807, 2.05) is 13.8 Å². The highest BCUT2D eigenvalue weighted by atomic mass is 16.5. The summed E-state index contributed by atoms with van der Waals surface area (Å²) in [6, 6.07) is 13.0. The number of hydrogen-bond donors (Lipinski definition) is 0. The lowest BCUT2D eigenvalue weighted by Crippen LogP contribution is -2.28. The average Bonchev–Trinajstić information content (AvgIpc) is 2.68. The molecule has 0 N–H and O–H groups in total. The van der Waals surface area contributed by atoms with Gasteiger partial charge in [-0.15, -0.1) is 0 Å². The van der Waals surface area contributed by atoms with Crippen LogP contribution in [0.2, 0.25) is 0 Å². The molecule has 0 saturated carbocycles. The van der Waals surface area contributed by atoms with Crippen LogP contribution in [0.3, 0.4) is 0 Å². The van der Waals surface area contributed by atoms with Crippen LogP contribution in [0.5, 0.6) is 5.75 Å². The topological polar surface area (TPSA) is 78.3 Å². The quantitative estimate of drug-likeness (QED) is 0.391. The van der Waals surface area contributed by atoms with Crippen molar-refractivity contribution < 1.29 is 14.3 Å². The van der Waals surface area contributed by atoms with E-state index in [9.17, 15) is 14.4 Å². The Morgan fingerprint density at radius 2 is 1.67 bits per heavy atom. The van der Waals surface area contributed by atoms with Gasteiger partial charge in [-0.25, -0.2) is 9.48 Å². The molecule has 1 heterocycles. The zero-order valence-electron chi connectivity index (χ0n) is 15.4. The number of carbonyl (C=O) groups is 2. The number of esters is 1. The standard InChI is InChI=1S/C21H20N2O4/c1-4-18(24)14-9-11-15(12-10-14)27-21(26)19-16-7-5-6-8-17(16)20(25)23(22-19)13(2)3/h5-13H,4H2,1-3H3. The van der Waals surface area contributed by atoms with Gasteiger partial charge in [0.25, 0.3) is 5.56 Å². The van der Waals surface area contributed by atoms with Gasteiger partial charge in [0.1, 0.15) is 5.75 Å². The van der Waals surface area contributed by atoms with Crippen molar-refractivity contribution in [2.45, 2.75) is 33.2 Å². The molecule has 138 valence electrons. The molecule has 0 spiro atoms. The first-order chi connectivity index (χ1) is 12.9. The van der Waals surface area contributed by atoms with Crippen LogP contribution in [-0.4, -0.2) is 21.5 Å². The Balaban J connectivity index is 1.99. The van der Waals surface area contributed by atoms with Crippen molar-refractivity contribution in [2.24, 2.45) is 0 Å². The van der Waals surface area contributed by atoms with Crippen LogP contribution >= 0.6 is 0 Å². The van der Waals surface area contributed by atoms with Crippen LogP contribution in [0.15, 0.2) is 53.3 Å². The van der Waals surface area contributed by atoms with Crippen LogP contribution in [-0.2, 0) is 0 Å². The first-order valence-corrected chi connectivity index (χ1v) is 8.79. The molecular formula is C21H20N2O4. The van der Waals surface area contributed by atoms with Crippen molar-refractivity contribution in [3.8, 4) is 5.75 Å². The van der Waals surface area contributed by atoms with Crippen molar-refractivity contribution >= 4 is 22.5 Å². The minimum absolute atomic E-state index is 0.0181. The molecule has 0 amide bonds. The largest absolute Gasteiger partial charge is 0.422 e. The van der Waals surface area contributed by atoms with Gasteiger partial charge >= 0.3 is 5.97 Å². The Kier molecular flexibility index (Phi) is 5.16. The Labute approximate surface area is 156 Å². The third-order valence-electron chi connectivity index (χ3n) is 4.22. The summed E-state index contributed by atoms with van der Waals surface area (Å²) in [5.74, 6) is -0.333. The van der Waals surface area contributed by atoms with Crippen molar-refractivity contribution in [2.75, 3.05) is 0 Å². The fourth-order valence-corrected chi connectivity index (χ4v) is 2.78. The minimum Gasteiger partial charge on any atom is -0.422 e. The number of ketones is 1. The molecule has 27 heavy (non-hydrogen) atoms. The second-order valence-corrected chi connectivity index (χ2v) is 6.43. The maximum Gasteiger partial charge on any atom is 0.364 e. The van der Waals surface area contributed by atoms with Crippen molar-refractivity contribution in [3.05, 3.63) is 70.1 Å². The normalized spacial score (nSPS) is 11.0. The maximum atomic E-state index is 12.7. The van der Waals surface area contributed by atoms with Gasteiger partial charge in [0.2, 0.25) is 0 Å². The summed E-state index contributed by atoms with van der Waals surface area (Å²) < 4.78 is 6.70. The number of nitrogens with zero attached hydrogens (tertiary/aromatic N) is 2. The summed E-state index contributed by atoms with van der Waals surface area (Å²) in [5, 5.41) is 5.09. The van der Waals surface area contributed by atoms with Gasteiger partial charge in [-0.2, -0.15) is 5.10 Å². The summed E-state index contributed by atoms with van der Waals surface area (Å²) in [5.41, 5.74) is 0.390. The van der Waals surface area contributed by atoms with E-state index < -0.39 is 5.97 Å². The van der Waals surface area contributed by atoms with E-state index in [0.29, 0.717) is 28.5 Å². The number of rotatable bonds is 5. The predicted octanol–water partition coefficient (Wildman–Crippen LogP) is 3.79. The lowest BCUT2D eigenvalue weighted by molar-refractivity contribution is 0.0727. The summed E-state index contributed by atoms with van der Waals surface area (Å²) >= 11 is 0. The third kappa shape index (κ3) is 3.65. The van der Waals surface area contributed by atoms with Crippen LogP contribution in [0.1, 0.15) is 54.1 Å². The molecule has 0 saturated heterocycles. The SMILES string of the molecule is CCC(=O)c1ccc(OC(=O)c2nn(C(C)C)c(=O)c3ccccc23)cc1. The molecule has 0 aliphatic carbocycles. The summed E-state index contributed by atoms with van der Waals surface area (Å²) in [6.45, 7) is 5.43. The number of fused-ring (bicyclic) bond motifs is 1. The Morgan fingerprint density at radius 3 is 2.26 bits per heavy atom. The van der Waals surface area contributed by atoms with Crippen LogP contribution in [0.25, 0.3) is 10.8 Å². The van der Waals surface area contributed by atoms with E-state index in [1.165, 1.54) is 4.68 Å². The van der Waals surface area contributed by atoms with Crippen molar-refractivity contribution in [1.29, 1.82) is 0 Å². The Bertz CT molecular complexity index is 1070. The molecule has 3 aromatic rings. The molecule has 3 rings (SSSR count). The molecule has 1 aromatic heterocycles. The fraction of sp³-hybridized carbons (Fsp3) is 0.238. The average molecular weight is 364 g/mol. The smallest absolute Gasteiger partial charge is 0.364 e. The Hall–Kier alpha value is -3.28. The maximum absolute atomic E-state index is 12.7. The van der Waals surface area contributed by atoms with E-state index in [2.05, 4.69) is 5.10 Å². The number of aromatic nitrogens is 2. The molecule has 0 radical (unpaired) electrons. The molecule has 0 fully saturated rings. The van der Waals surface area contributed by atoms with Crippen molar-refractivity contribution in [1.82, 2.24) is 9.78 Å². The van der Waals surface area contributed by atoms with E-state index in [4.69, 9.17) is 4.74 Å². The number of ether oxygens (including phenoxy) is 1. The summed E-state index contributed by atoms with van der Waals surface area (Å²) in [4.78, 5) is 37.0. The monoisotopic (exact) mass is 364 g/mol. The lowest BCUT2D eigenvalue weighted by atomic mass is 10.1. The van der Waals surface area contributed by atoms with Crippen LogP contribution < -0.4 is 10.3 Å². The summed E-state index contributed by atoms with van der Waals surface area (Å²) in [6.07, 6.45) is 0.409. The highest BCUT2D eigenvalue weighted by Crippen LogP contribution is 2.19. The van der Waals surface area contributed by atoms with Gasteiger partial charge < -0.3 is 4.74 Å². The van der Waals surface area contributed by atoms with E-state index in [-0.39, 0.29) is 23.1 Å². The molecule has 0 atom stereocenters. The van der Waals surface area contributed by atoms with E-state index in [1.54, 1.807) is 55.5 Å². The summed E-state index contributed by atoms with van der Waals surface area (Å²) in [7, 11) is 0. The number of Topliss-reactive ketones (excluding diaryl/α,β-unsaturated/α-hetero) is 1. The molecule has 0 aliphatic rings. The molecule has 0 unspecified atom stereocenters. The van der Waals surface area contributed by atoms with Gasteiger partial charge in [0.05, 0.1) is 11.4 Å². The van der Waals surface area contributed by atoms with Gasteiger partial charge in [0.15, 0.2) is 11.5 Å². The molecule has 0 bridgehead atoms. The van der Waals surface area contributed by atoms with Gasteiger partial charge in [-0.3, -0.25) is 9.59 Å². The molecule has 0 aliphatic heterocycles. The molecule has 2 aromatic carbocycles. The zero-order valence-corrected chi connectivity index (χ0v) is 15.4. The van der Waals surface area contributed by atoms with E-state index >= 15 is 0 Å². The number of carbonyl (C=O) groups excluding carboxylic acids is 2. The van der Waals surface area contributed by atoms with E-state index in [0.717, 1.165) is 0 Å². The third-order valence-corrected chi connectivity index (χ3v) is 4.22.